The van der Waals surface area contributed by atoms with Crippen molar-refractivity contribution in [1.82, 2.24) is 0 Å². The molecule has 0 atom stereocenters. The number of carbonyl (C=O) groups excluding carboxylic acids is 1. The van der Waals surface area contributed by atoms with Crippen molar-refractivity contribution in [1.29, 1.82) is 0 Å². The van der Waals surface area contributed by atoms with Crippen LogP contribution in [0.1, 0.15) is 12.5 Å². The van der Waals surface area contributed by atoms with Crippen molar-refractivity contribution in [3.8, 4) is 0 Å². The van der Waals surface area contributed by atoms with Gasteiger partial charge in [0.2, 0.25) is 5.91 Å². The zero-order valence-corrected chi connectivity index (χ0v) is 8.48. The van der Waals surface area contributed by atoms with E-state index < -0.39 is 0 Å². The molecule has 0 aliphatic heterocycles. The summed E-state index contributed by atoms with van der Waals surface area (Å²) in [5.74, 6) is -0.112. The summed E-state index contributed by atoms with van der Waals surface area (Å²) in [6.45, 7) is 3.32. The molecule has 0 aromatic heterocycles. The second-order valence-electron chi connectivity index (χ2n) is 2.86. The minimum atomic E-state index is -0.112. The molecule has 0 heterocycles. The predicted octanol–water partition coefficient (Wildman–Crippen LogP) is 1.82. The van der Waals surface area contributed by atoms with Crippen LogP contribution in [-0.4, -0.2) is 5.91 Å². The van der Waals surface area contributed by atoms with Gasteiger partial charge in [-0.1, -0.05) is 0 Å². The lowest BCUT2D eigenvalue weighted by molar-refractivity contribution is -0.114. The van der Waals surface area contributed by atoms with Gasteiger partial charge in [0.25, 0.3) is 0 Å². The normalized spacial score (nSPS) is 9.77. The van der Waals surface area contributed by atoms with E-state index in [2.05, 4.69) is 17.9 Å². The smallest absolute Gasteiger partial charge is 0.221 e. The van der Waals surface area contributed by atoms with Crippen LogP contribution in [-0.2, 0) is 4.79 Å². The second kappa shape index (κ2) is 3.70. The Balaban J connectivity index is 3.10. The molecule has 3 nitrogen and oxygen atoms in total. The lowest BCUT2D eigenvalue weighted by atomic mass is 10.2. The number of benzene rings is 1. The Bertz CT molecular complexity index is 350. The summed E-state index contributed by atoms with van der Waals surface area (Å²) in [4.78, 5) is 11.5. The van der Waals surface area contributed by atoms with Gasteiger partial charge in [0.15, 0.2) is 0 Å². The minimum absolute atomic E-state index is 0.112. The van der Waals surface area contributed by atoms with E-state index in [-0.39, 0.29) is 5.91 Å². The van der Waals surface area contributed by atoms with Gasteiger partial charge in [0.05, 0.1) is 5.69 Å². The number of nitrogens with two attached hydrogens (primary N) is 1. The molecule has 0 unspecified atom stereocenters. The van der Waals surface area contributed by atoms with Gasteiger partial charge >= 0.3 is 0 Å². The van der Waals surface area contributed by atoms with Crippen LogP contribution >= 0.6 is 12.6 Å². The number of amides is 1. The molecule has 70 valence electrons. The van der Waals surface area contributed by atoms with Crippen LogP contribution in [0.3, 0.4) is 0 Å². The standard InChI is InChI=1S/C9H12N2OS/c1-5-7(10)3-4-8(9(5)13)11-6(2)12/h3-4,13H,10H2,1-2H3,(H,11,12). The van der Waals surface area contributed by atoms with Crippen molar-refractivity contribution in [3.63, 3.8) is 0 Å². The molecule has 1 aromatic rings. The average molecular weight is 196 g/mol. The fourth-order valence-electron chi connectivity index (χ4n) is 1.01. The van der Waals surface area contributed by atoms with Gasteiger partial charge in [0.1, 0.15) is 0 Å². The minimum Gasteiger partial charge on any atom is -0.398 e. The van der Waals surface area contributed by atoms with Crippen LogP contribution in [0.4, 0.5) is 11.4 Å². The Kier molecular flexibility index (Phi) is 2.83. The maximum atomic E-state index is 10.8. The highest BCUT2D eigenvalue weighted by Gasteiger charge is 2.05. The van der Waals surface area contributed by atoms with Crippen molar-refractivity contribution < 1.29 is 4.79 Å². The Morgan fingerprint density at radius 3 is 2.69 bits per heavy atom. The first-order chi connectivity index (χ1) is 6.02. The SMILES string of the molecule is CC(=O)Nc1ccc(N)c(C)c1S. The molecule has 4 heteroatoms. The lowest BCUT2D eigenvalue weighted by Crippen LogP contribution is -2.07. The maximum absolute atomic E-state index is 10.8. The predicted molar refractivity (Wildman–Crippen MR) is 57.1 cm³/mol. The summed E-state index contributed by atoms with van der Waals surface area (Å²) in [7, 11) is 0. The third-order valence-corrected chi connectivity index (χ3v) is 2.36. The number of rotatable bonds is 1. The third-order valence-electron chi connectivity index (χ3n) is 1.78. The molecule has 0 spiro atoms. The van der Waals surface area contributed by atoms with E-state index in [0.29, 0.717) is 11.4 Å². The van der Waals surface area contributed by atoms with Crippen molar-refractivity contribution in [2.75, 3.05) is 11.1 Å². The summed E-state index contributed by atoms with van der Waals surface area (Å²) in [5.41, 5.74) is 7.92. The van der Waals surface area contributed by atoms with Crippen molar-refractivity contribution in [2.24, 2.45) is 0 Å². The zero-order chi connectivity index (χ0) is 10.0. The fraction of sp³-hybridized carbons (Fsp3) is 0.222. The number of nitrogen functional groups attached to an aromatic ring is 1. The number of thiol groups is 1. The number of anilines is 2. The summed E-state index contributed by atoms with van der Waals surface area (Å²) >= 11 is 4.26. The van der Waals surface area contributed by atoms with Gasteiger partial charge in [-0.05, 0) is 24.6 Å². The van der Waals surface area contributed by atoms with Crippen LogP contribution in [0.25, 0.3) is 0 Å². The number of hydrogen-bond acceptors (Lipinski definition) is 3. The fourth-order valence-corrected chi connectivity index (χ4v) is 1.27. The highest BCUT2D eigenvalue weighted by molar-refractivity contribution is 7.80. The van der Waals surface area contributed by atoms with E-state index in [9.17, 15) is 4.79 Å². The van der Waals surface area contributed by atoms with Crippen molar-refractivity contribution >= 4 is 29.9 Å². The van der Waals surface area contributed by atoms with Crippen LogP contribution in [0.5, 0.6) is 0 Å². The Hall–Kier alpha value is -1.16. The van der Waals surface area contributed by atoms with Gasteiger partial charge in [-0.3, -0.25) is 4.79 Å². The molecule has 0 fully saturated rings. The molecule has 0 bridgehead atoms. The zero-order valence-electron chi connectivity index (χ0n) is 7.59. The Labute approximate surface area is 82.7 Å². The van der Waals surface area contributed by atoms with E-state index in [1.165, 1.54) is 6.92 Å². The van der Waals surface area contributed by atoms with E-state index in [0.717, 1.165) is 10.5 Å². The molecule has 0 aliphatic rings. The van der Waals surface area contributed by atoms with E-state index in [1.54, 1.807) is 12.1 Å². The molecular weight excluding hydrogens is 184 g/mol. The molecule has 0 saturated carbocycles. The van der Waals surface area contributed by atoms with Crippen LogP contribution in [0, 0.1) is 6.92 Å². The lowest BCUT2D eigenvalue weighted by Gasteiger charge is -2.09. The van der Waals surface area contributed by atoms with Crippen LogP contribution in [0.15, 0.2) is 17.0 Å². The van der Waals surface area contributed by atoms with Crippen LogP contribution < -0.4 is 11.1 Å². The van der Waals surface area contributed by atoms with E-state index >= 15 is 0 Å². The Morgan fingerprint density at radius 2 is 2.15 bits per heavy atom. The van der Waals surface area contributed by atoms with E-state index in [1.807, 2.05) is 6.92 Å². The monoisotopic (exact) mass is 196 g/mol. The summed E-state index contributed by atoms with van der Waals surface area (Å²) in [6.07, 6.45) is 0. The molecule has 1 rings (SSSR count). The summed E-state index contributed by atoms with van der Waals surface area (Å²) in [5, 5.41) is 2.67. The third kappa shape index (κ3) is 2.15. The van der Waals surface area contributed by atoms with Crippen molar-refractivity contribution in [3.05, 3.63) is 17.7 Å². The topological polar surface area (TPSA) is 55.1 Å². The number of nitrogens with one attached hydrogen (secondary N) is 1. The first kappa shape index (κ1) is 9.92. The molecule has 13 heavy (non-hydrogen) atoms. The molecule has 0 saturated heterocycles. The Morgan fingerprint density at radius 1 is 1.54 bits per heavy atom. The molecular formula is C9H12N2OS. The second-order valence-corrected chi connectivity index (χ2v) is 3.30. The number of hydrogen-bond donors (Lipinski definition) is 3. The first-order valence-corrected chi connectivity index (χ1v) is 4.32. The molecule has 1 aromatic carbocycles. The molecule has 0 radical (unpaired) electrons. The first-order valence-electron chi connectivity index (χ1n) is 3.88. The van der Waals surface area contributed by atoms with Crippen LogP contribution in [0.2, 0.25) is 0 Å². The average Bonchev–Trinajstić information content (AvgIpc) is 2.06. The molecule has 0 aliphatic carbocycles. The van der Waals surface area contributed by atoms with Gasteiger partial charge in [-0.2, -0.15) is 0 Å². The van der Waals surface area contributed by atoms with Gasteiger partial charge < -0.3 is 11.1 Å². The quantitative estimate of drug-likeness (QED) is 0.474. The molecule has 1 amide bonds. The van der Waals surface area contributed by atoms with Gasteiger partial charge in [-0.25, -0.2) is 0 Å². The summed E-state index contributed by atoms with van der Waals surface area (Å²) < 4.78 is 0. The maximum Gasteiger partial charge on any atom is 0.221 e. The van der Waals surface area contributed by atoms with Gasteiger partial charge in [-0.15, -0.1) is 12.6 Å². The van der Waals surface area contributed by atoms with E-state index in [4.69, 9.17) is 5.73 Å². The highest BCUT2D eigenvalue weighted by Crippen LogP contribution is 2.27. The number of carbonyl (C=O) groups is 1. The highest BCUT2D eigenvalue weighted by atomic mass is 32.1. The van der Waals surface area contributed by atoms with Gasteiger partial charge in [0, 0.05) is 17.5 Å². The summed E-state index contributed by atoms with van der Waals surface area (Å²) in [6, 6.07) is 3.49. The van der Waals surface area contributed by atoms with Crippen molar-refractivity contribution in [2.45, 2.75) is 18.7 Å². The largest absolute Gasteiger partial charge is 0.398 e. The molecule has 3 N–H and O–H groups in total.